The summed E-state index contributed by atoms with van der Waals surface area (Å²) < 4.78 is 40.7. The van der Waals surface area contributed by atoms with Gasteiger partial charge in [-0.15, -0.1) is 13.2 Å². The molecule has 2 aliphatic rings. The lowest BCUT2D eigenvalue weighted by atomic mass is 9.84. The molecule has 7 heteroatoms. The van der Waals surface area contributed by atoms with Crippen molar-refractivity contribution in [1.82, 2.24) is 4.90 Å². The summed E-state index contributed by atoms with van der Waals surface area (Å²) in [6.45, 7) is 0.189. The molecule has 4 nitrogen and oxygen atoms in total. The monoisotopic (exact) mass is 341 g/mol. The summed E-state index contributed by atoms with van der Waals surface area (Å²) in [6, 6.07) is 5.61. The zero-order chi connectivity index (χ0) is 17.4. The van der Waals surface area contributed by atoms with Gasteiger partial charge in [-0.2, -0.15) is 0 Å². The van der Waals surface area contributed by atoms with E-state index in [-0.39, 0.29) is 30.5 Å². The number of alkyl halides is 3. The highest BCUT2D eigenvalue weighted by molar-refractivity contribution is 6.06. The van der Waals surface area contributed by atoms with Crippen molar-refractivity contribution in [3.63, 3.8) is 0 Å². The van der Waals surface area contributed by atoms with Crippen LogP contribution in [0.2, 0.25) is 0 Å². The van der Waals surface area contributed by atoms with E-state index in [1.807, 2.05) is 0 Å². The Morgan fingerprint density at radius 1 is 1.17 bits per heavy atom. The summed E-state index contributed by atoms with van der Waals surface area (Å²) in [5.41, 5.74) is 0.0722. The van der Waals surface area contributed by atoms with E-state index in [2.05, 4.69) is 4.74 Å². The summed E-state index contributed by atoms with van der Waals surface area (Å²) in [6.07, 6.45) is -0.737. The Labute approximate surface area is 137 Å². The van der Waals surface area contributed by atoms with E-state index in [0.717, 1.165) is 25.7 Å². The highest BCUT2D eigenvalue weighted by Gasteiger charge is 2.52. The standard InChI is InChI=1S/C17H18F3NO3/c18-17(19,20)24-13-5-3-4-12(10-13)6-9-21-14(22)11-16(15(21)23)7-1-2-8-16/h3-5,10H,1-2,6-9,11H2. The molecule has 0 unspecified atom stereocenters. The van der Waals surface area contributed by atoms with Crippen LogP contribution in [0.3, 0.4) is 0 Å². The Kier molecular flexibility index (Phi) is 4.27. The number of amides is 2. The predicted molar refractivity (Wildman–Crippen MR) is 79.1 cm³/mol. The number of hydrogen-bond donors (Lipinski definition) is 0. The minimum Gasteiger partial charge on any atom is -0.406 e. The van der Waals surface area contributed by atoms with Gasteiger partial charge in [0, 0.05) is 13.0 Å². The van der Waals surface area contributed by atoms with Crippen molar-refractivity contribution in [2.45, 2.75) is 44.9 Å². The zero-order valence-corrected chi connectivity index (χ0v) is 13.1. The number of nitrogens with zero attached hydrogens (tertiary/aromatic N) is 1. The molecule has 1 spiro atoms. The molecule has 1 aliphatic carbocycles. The van der Waals surface area contributed by atoms with Crippen LogP contribution in [-0.2, 0) is 16.0 Å². The fourth-order valence-corrected chi connectivity index (χ4v) is 3.67. The fraction of sp³-hybridized carbons (Fsp3) is 0.529. The number of benzene rings is 1. The van der Waals surface area contributed by atoms with Gasteiger partial charge in [-0.05, 0) is 37.0 Å². The number of carbonyl (C=O) groups excluding carboxylic acids is 2. The average molecular weight is 341 g/mol. The smallest absolute Gasteiger partial charge is 0.406 e. The van der Waals surface area contributed by atoms with Crippen molar-refractivity contribution in [2.75, 3.05) is 6.54 Å². The minimum absolute atomic E-state index is 0.118. The number of ether oxygens (including phenoxy) is 1. The van der Waals surface area contributed by atoms with Crippen molar-refractivity contribution in [3.8, 4) is 5.75 Å². The summed E-state index contributed by atoms with van der Waals surface area (Å²) >= 11 is 0. The molecular formula is C17H18F3NO3. The number of likely N-dealkylation sites (tertiary alicyclic amines) is 1. The van der Waals surface area contributed by atoms with E-state index in [4.69, 9.17) is 0 Å². The number of halogens is 3. The Morgan fingerprint density at radius 2 is 1.88 bits per heavy atom. The van der Waals surface area contributed by atoms with Crippen molar-refractivity contribution in [1.29, 1.82) is 0 Å². The first kappa shape index (κ1) is 16.8. The first-order valence-electron chi connectivity index (χ1n) is 7.99. The van der Waals surface area contributed by atoms with Crippen molar-refractivity contribution >= 4 is 11.8 Å². The van der Waals surface area contributed by atoms with E-state index in [9.17, 15) is 22.8 Å². The van der Waals surface area contributed by atoms with E-state index >= 15 is 0 Å². The van der Waals surface area contributed by atoms with Gasteiger partial charge in [0.05, 0.1) is 5.41 Å². The Bertz CT molecular complexity index is 651. The molecular weight excluding hydrogens is 323 g/mol. The third kappa shape index (κ3) is 3.39. The second-order valence-corrected chi connectivity index (χ2v) is 6.46. The fourth-order valence-electron chi connectivity index (χ4n) is 3.67. The largest absolute Gasteiger partial charge is 0.573 e. The molecule has 130 valence electrons. The molecule has 2 amide bonds. The SMILES string of the molecule is O=C1CC2(CCCC2)C(=O)N1CCc1cccc(OC(F)(F)F)c1. The normalized spacial score (nSPS) is 20.2. The molecule has 0 atom stereocenters. The number of imide groups is 1. The Balaban J connectivity index is 1.65. The lowest BCUT2D eigenvalue weighted by molar-refractivity contribution is -0.274. The number of hydrogen-bond acceptors (Lipinski definition) is 3. The lowest BCUT2D eigenvalue weighted by Crippen LogP contribution is -2.35. The van der Waals surface area contributed by atoms with E-state index in [1.165, 1.54) is 23.1 Å². The second-order valence-electron chi connectivity index (χ2n) is 6.46. The highest BCUT2D eigenvalue weighted by Crippen LogP contribution is 2.46. The van der Waals surface area contributed by atoms with Crippen molar-refractivity contribution < 1.29 is 27.5 Å². The summed E-state index contributed by atoms with van der Waals surface area (Å²) in [5.74, 6) is -0.594. The van der Waals surface area contributed by atoms with Crippen LogP contribution in [-0.4, -0.2) is 29.6 Å². The van der Waals surface area contributed by atoms with Crippen LogP contribution in [0.4, 0.5) is 13.2 Å². The molecule has 24 heavy (non-hydrogen) atoms. The Hall–Kier alpha value is -2.05. The highest BCUT2D eigenvalue weighted by atomic mass is 19.4. The molecule has 0 N–H and O–H groups in total. The average Bonchev–Trinajstić information content (AvgIpc) is 3.03. The molecule has 1 saturated heterocycles. The van der Waals surface area contributed by atoms with Gasteiger partial charge >= 0.3 is 6.36 Å². The molecule has 1 aromatic carbocycles. The van der Waals surface area contributed by atoms with Gasteiger partial charge in [0.1, 0.15) is 5.75 Å². The van der Waals surface area contributed by atoms with Crippen LogP contribution < -0.4 is 4.74 Å². The topological polar surface area (TPSA) is 46.6 Å². The maximum atomic E-state index is 12.5. The first-order chi connectivity index (χ1) is 11.3. The van der Waals surface area contributed by atoms with Crippen LogP contribution >= 0.6 is 0 Å². The summed E-state index contributed by atoms with van der Waals surface area (Å²) in [5, 5.41) is 0. The maximum absolute atomic E-state index is 12.5. The van der Waals surface area contributed by atoms with E-state index in [0.29, 0.717) is 12.0 Å². The zero-order valence-electron chi connectivity index (χ0n) is 13.1. The van der Waals surface area contributed by atoms with Crippen molar-refractivity contribution in [2.24, 2.45) is 5.41 Å². The molecule has 3 rings (SSSR count). The molecule has 1 aliphatic heterocycles. The molecule has 2 fully saturated rings. The predicted octanol–water partition coefficient (Wildman–Crippen LogP) is 3.45. The second kappa shape index (κ2) is 6.11. The first-order valence-corrected chi connectivity index (χ1v) is 7.99. The van der Waals surface area contributed by atoms with Crippen LogP contribution in [0.25, 0.3) is 0 Å². The van der Waals surface area contributed by atoms with Crippen LogP contribution in [0.15, 0.2) is 24.3 Å². The van der Waals surface area contributed by atoms with Crippen LogP contribution in [0.1, 0.15) is 37.7 Å². The van der Waals surface area contributed by atoms with E-state index in [1.54, 1.807) is 6.07 Å². The van der Waals surface area contributed by atoms with Gasteiger partial charge < -0.3 is 4.74 Å². The molecule has 0 bridgehead atoms. The summed E-state index contributed by atoms with van der Waals surface area (Å²) in [7, 11) is 0. The third-order valence-corrected chi connectivity index (χ3v) is 4.81. The number of carbonyl (C=O) groups is 2. The lowest BCUT2D eigenvalue weighted by Gasteiger charge is -2.21. The van der Waals surface area contributed by atoms with Gasteiger partial charge in [0.15, 0.2) is 0 Å². The van der Waals surface area contributed by atoms with E-state index < -0.39 is 11.8 Å². The van der Waals surface area contributed by atoms with Gasteiger partial charge in [-0.3, -0.25) is 14.5 Å². The van der Waals surface area contributed by atoms with Crippen LogP contribution in [0.5, 0.6) is 5.75 Å². The quantitative estimate of drug-likeness (QED) is 0.788. The van der Waals surface area contributed by atoms with Gasteiger partial charge in [-0.25, -0.2) is 0 Å². The summed E-state index contributed by atoms with van der Waals surface area (Å²) in [4.78, 5) is 26.0. The maximum Gasteiger partial charge on any atom is 0.573 e. The van der Waals surface area contributed by atoms with Crippen LogP contribution in [0, 0.1) is 5.41 Å². The van der Waals surface area contributed by atoms with Gasteiger partial charge in [0.2, 0.25) is 11.8 Å². The molecule has 1 heterocycles. The molecule has 1 saturated carbocycles. The molecule has 1 aromatic rings. The van der Waals surface area contributed by atoms with Gasteiger partial charge in [-0.1, -0.05) is 25.0 Å². The van der Waals surface area contributed by atoms with Gasteiger partial charge in [0.25, 0.3) is 0 Å². The molecule has 0 radical (unpaired) electrons. The molecule has 0 aromatic heterocycles. The number of rotatable bonds is 4. The third-order valence-electron chi connectivity index (χ3n) is 4.81. The minimum atomic E-state index is -4.74. The van der Waals surface area contributed by atoms with Crippen molar-refractivity contribution in [3.05, 3.63) is 29.8 Å². The Morgan fingerprint density at radius 3 is 2.54 bits per heavy atom.